The average Bonchev–Trinajstić information content (AvgIpc) is 3.44. The molecule has 4 aromatic rings. The zero-order valence-corrected chi connectivity index (χ0v) is 22.5. The Hall–Kier alpha value is -4.25. The Balaban J connectivity index is 1.52. The average molecular weight is 588 g/mol. The summed E-state index contributed by atoms with van der Waals surface area (Å²) in [6, 6.07) is 10.6. The van der Waals surface area contributed by atoms with Gasteiger partial charge in [-0.25, -0.2) is 17.9 Å². The van der Waals surface area contributed by atoms with Gasteiger partial charge in [0.25, 0.3) is 0 Å². The van der Waals surface area contributed by atoms with Crippen molar-refractivity contribution in [2.24, 2.45) is 0 Å². The summed E-state index contributed by atoms with van der Waals surface area (Å²) < 4.78 is 79.3. The molecule has 0 spiro atoms. The largest absolute Gasteiger partial charge is 0.386 e. The number of aliphatic hydroxyl groups is 2. The number of aromatic nitrogens is 5. The van der Waals surface area contributed by atoms with Crippen molar-refractivity contribution in [1.82, 2.24) is 25.2 Å². The van der Waals surface area contributed by atoms with E-state index in [9.17, 15) is 23.4 Å². The predicted octanol–water partition coefficient (Wildman–Crippen LogP) is 4.22. The molecule has 42 heavy (non-hydrogen) atoms. The van der Waals surface area contributed by atoms with Gasteiger partial charge in [-0.1, -0.05) is 24.0 Å². The van der Waals surface area contributed by atoms with Crippen molar-refractivity contribution in [2.75, 3.05) is 13.2 Å². The van der Waals surface area contributed by atoms with Crippen LogP contribution in [0.4, 0.5) is 22.0 Å². The van der Waals surface area contributed by atoms with Crippen LogP contribution in [0, 0.1) is 23.5 Å². The quantitative estimate of drug-likeness (QED) is 0.211. The van der Waals surface area contributed by atoms with Gasteiger partial charge in [0.2, 0.25) is 0 Å². The lowest BCUT2D eigenvalue weighted by atomic mass is 9.84. The monoisotopic (exact) mass is 587 g/mol. The number of alkyl halides is 3. The van der Waals surface area contributed by atoms with Crippen LogP contribution in [0.25, 0.3) is 0 Å². The van der Waals surface area contributed by atoms with E-state index in [1.54, 1.807) is 24.3 Å². The van der Waals surface area contributed by atoms with Gasteiger partial charge >= 0.3 is 5.92 Å². The molecule has 2 unspecified atom stereocenters. The molecule has 2 aromatic heterocycles. The predicted molar refractivity (Wildman–Crippen MR) is 140 cm³/mol. The first kappa shape index (κ1) is 30.7. The third-order valence-corrected chi connectivity index (χ3v) is 6.13. The first-order valence-electron chi connectivity index (χ1n) is 12.6. The zero-order valence-electron chi connectivity index (χ0n) is 22.5. The van der Waals surface area contributed by atoms with Crippen LogP contribution >= 0.6 is 0 Å². The van der Waals surface area contributed by atoms with E-state index in [2.05, 4.69) is 32.4 Å². The minimum atomic E-state index is -4.19. The number of ether oxygens (including phenoxy) is 1. The molecule has 0 saturated carbocycles. The fraction of sp³-hybridized carbons (Fsp3) is 0.310. The fourth-order valence-corrected chi connectivity index (χ4v) is 3.97. The Morgan fingerprint density at radius 1 is 0.976 bits per heavy atom. The summed E-state index contributed by atoms with van der Waals surface area (Å²) in [5.41, 5.74) is -5.19. The molecule has 0 bridgehead atoms. The van der Waals surface area contributed by atoms with E-state index in [1.165, 1.54) is 19.9 Å². The van der Waals surface area contributed by atoms with Crippen molar-refractivity contribution < 1.29 is 36.9 Å². The van der Waals surface area contributed by atoms with Gasteiger partial charge in [-0.05, 0) is 66.2 Å². The SMILES string of the molecule is CC(C)(F)COCC(O)c1ccc(C#Cc2ccc(C(F)(F)C(O)(Cn3cnnn3)c3ccc(F)cc3F)nc2)cc1. The molecular weight excluding hydrogens is 561 g/mol. The highest BCUT2D eigenvalue weighted by molar-refractivity contribution is 5.43. The van der Waals surface area contributed by atoms with Gasteiger partial charge in [-0.15, -0.1) is 5.10 Å². The standard InChI is InChI=1S/C29H26F5N5O3/c1-27(2,32)17-42-15-25(40)21-8-5-19(6-9-21)3-4-20-7-12-26(35-14-20)29(33,34)28(41,16-39-18-36-37-38-39)23-11-10-22(30)13-24(23)31/h5-14,18,25,40-41H,15-17H2,1-2H3. The number of aliphatic hydroxyl groups excluding tert-OH is 1. The molecule has 2 N–H and O–H groups in total. The zero-order chi connectivity index (χ0) is 30.5. The van der Waals surface area contributed by atoms with Crippen molar-refractivity contribution in [3.63, 3.8) is 0 Å². The molecular formula is C29H26F5N5O3. The van der Waals surface area contributed by atoms with Crippen LogP contribution in [-0.2, 0) is 22.8 Å². The van der Waals surface area contributed by atoms with Crippen molar-refractivity contribution in [1.29, 1.82) is 0 Å². The highest BCUT2D eigenvalue weighted by atomic mass is 19.3. The van der Waals surface area contributed by atoms with Gasteiger partial charge in [0.05, 0.1) is 19.8 Å². The topological polar surface area (TPSA) is 106 Å². The summed E-state index contributed by atoms with van der Waals surface area (Å²) in [4.78, 5) is 3.77. The Labute approximate surface area is 237 Å². The van der Waals surface area contributed by atoms with E-state index in [1.807, 2.05) is 0 Å². The molecule has 0 aliphatic carbocycles. The van der Waals surface area contributed by atoms with Crippen LogP contribution in [0.15, 0.2) is 67.1 Å². The Morgan fingerprint density at radius 2 is 1.67 bits per heavy atom. The summed E-state index contributed by atoms with van der Waals surface area (Å²) >= 11 is 0. The molecule has 0 saturated heterocycles. The van der Waals surface area contributed by atoms with Crippen LogP contribution < -0.4 is 0 Å². The Bertz CT molecular complexity index is 1550. The highest BCUT2D eigenvalue weighted by Gasteiger charge is 2.58. The number of rotatable bonds is 10. The summed E-state index contributed by atoms with van der Waals surface area (Å²) in [6.45, 7) is 1.53. The smallest absolute Gasteiger partial charge is 0.323 e. The second-order valence-corrected chi connectivity index (χ2v) is 10.1. The van der Waals surface area contributed by atoms with Gasteiger partial charge in [0.15, 0.2) is 5.60 Å². The molecule has 220 valence electrons. The minimum absolute atomic E-state index is 0.0837. The first-order valence-corrected chi connectivity index (χ1v) is 12.6. The van der Waals surface area contributed by atoms with Gasteiger partial charge in [-0.3, -0.25) is 4.98 Å². The number of nitrogens with zero attached hydrogens (tertiary/aromatic N) is 5. The lowest BCUT2D eigenvalue weighted by molar-refractivity contribution is -0.207. The van der Waals surface area contributed by atoms with E-state index >= 15 is 8.78 Å². The van der Waals surface area contributed by atoms with Crippen molar-refractivity contribution in [3.05, 3.63) is 107 Å². The first-order chi connectivity index (χ1) is 19.8. The summed E-state index contributed by atoms with van der Waals surface area (Å²) in [5, 5.41) is 31.6. The van der Waals surface area contributed by atoms with Crippen LogP contribution in [0.5, 0.6) is 0 Å². The van der Waals surface area contributed by atoms with E-state index < -0.39 is 52.7 Å². The summed E-state index contributed by atoms with van der Waals surface area (Å²) in [7, 11) is 0. The number of halogens is 5. The molecule has 8 nitrogen and oxygen atoms in total. The van der Waals surface area contributed by atoms with Crippen molar-refractivity contribution in [2.45, 2.75) is 43.7 Å². The summed E-state index contributed by atoms with van der Waals surface area (Å²) in [6.07, 6.45) is 1.06. The molecule has 0 radical (unpaired) electrons. The van der Waals surface area contributed by atoms with E-state index in [0.29, 0.717) is 17.2 Å². The lowest BCUT2D eigenvalue weighted by Crippen LogP contribution is -2.48. The normalized spacial score (nSPS) is 14.1. The Kier molecular flexibility index (Phi) is 9.00. The second kappa shape index (κ2) is 12.3. The maximum atomic E-state index is 15.8. The number of hydrogen-bond donors (Lipinski definition) is 2. The van der Waals surface area contributed by atoms with Crippen molar-refractivity contribution >= 4 is 0 Å². The third kappa shape index (κ3) is 7.14. The van der Waals surface area contributed by atoms with E-state index in [4.69, 9.17) is 4.74 Å². The van der Waals surface area contributed by atoms with E-state index in [0.717, 1.165) is 35.4 Å². The lowest BCUT2D eigenvalue weighted by Gasteiger charge is -2.35. The molecule has 2 atom stereocenters. The highest BCUT2D eigenvalue weighted by Crippen LogP contribution is 2.46. The molecule has 2 aromatic carbocycles. The third-order valence-electron chi connectivity index (χ3n) is 6.13. The Morgan fingerprint density at radius 3 is 2.26 bits per heavy atom. The minimum Gasteiger partial charge on any atom is -0.386 e. The molecule has 2 heterocycles. The maximum absolute atomic E-state index is 15.8. The van der Waals surface area contributed by atoms with Crippen molar-refractivity contribution in [3.8, 4) is 11.8 Å². The maximum Gasteiger partial charge on any atom is 0.323 e. The van der Waals surface area contributed by atoms with Crippen LogP contribution in [-0.4, -0.2) is 54.3 Å². The van der Waals surface area contributed by atoms with Gasteiger partial charge < -0.3 is 14.9 Å². The molecule has 0 fully saturated rings. The molecule has 13 heteroatoms. The van der Waals surface area contributed by atoms with Gasteiger partial charge in [0, 0.05) is 29.0 Å². The van der Waals surface area contributed by atoms with Crippen LogP contribution in [0.1, 0.15) is 47.9 Å². The number of benzene rings is 2. The molecule has 4 rings (SSSR count). The summed E-state index contributed by atoms with van der Waals surface area (Å²) in [5.74, 6) is -0.961. The fourth-order valence-electron chi connectivity index (χ4n) is 3.97. The molecule has 0 aliphatic heterocycles. The van der Waals surface area contributed by atoms with Crippen LogP contribution in [0.2, 0.25) is 0 Å². The number of tetrazole rings is 1. The molecule has 0 aliphatic rings. The van der Waals surface area contributed by atoms with Gasteiger partial charge in [0.1, 0.15) is 35.4 Å². The molecule has 0 amide bonds. The van der Waals surface area contributed by atoms with Gasteiger partial charge in [-0.2, -0.15) is 8.78 Å². The van der Waals surface area contributed by atoms with E-state index in [-0.39, 0.29) is 18.8 Å². The number of hydrogen-bond acceptors (Lipinski definition) is 7. The second-order valence-electron chi connectivity index (χ2n) is 10.1. The number of pyridine rings is 1. The van der Waals surface area contributed by atoms with Crippen LogP contribution in [0.3, 0.4) is 0 Å².